The number of oxazole rings is 1. The van der Waals surface area contributed by atoms with Crippen molar-refractivity contribution in [2.45, 2.75) is 6.92 Å². The molecule has 0 radical (unpaired) electrons. The first-order valence-corrected chi connectivity index (χ1v) is 5.55. The standard InChI is InChI=1S/C12H12N4O2/c1-6-10(18-12(13-2)14-6)7-3-4-8-9(5-7)16-11(17)15-8/h3-5H,1-2H3,(H,13,14)(H2,15,16,17). The first-order chi connectivity index (χ1) is 8.67. The van der Waals surface area contributed by atoms with Crippen molar-refractivity contribution in [3.05, 3.63) is 34.4 Å². The van der Waals surface area contributed by atoms with Crippen molar-refractivity contribution in [3.8, 4) is 11.3 Å². The number of benzene rings is 1. The Bertz CT molecular complexity index is 766. The van der Waals surface area contributed by atoms with Gasteiger partial charge in [-0.25, -0.2) is 4.79 Å². The number of hydrogen-bond donors (Lipinski definition) is 3. The van der Waals surface area contributed by atoms with Crippen LogP contribution in [0.4, 0.5) is 6.01 Å². The van der Waals surface area contributed by atoms with E-state index < -0.39 is 0 Å². The zero-order valence-corrected chi connectivity index (χ0v) is 10.00. The van der Waals surface area contributed by atoms with Gasteiger partial charge in [-0.15, -0.1) is 0 Å². The van der Waals surface area contributed by atoms with Gasteiger partial charge in [-0.2, -0.15) is 4.98 Å². The van der Waals surface area contributed by atoms with Gasteiger partial charge in [0, 0.05) is 12.6 Å². The molecule has 3 rings (SSSR count). The molecule has 0 unspecified atom stereocenters. The normalized spacial score (nSPS) is 11.0. The van der Waals surface area contributed by atoms with E-state index in [-0.39, 0.29) is 5.69 Å². The molecule has 0 aliphatic heterocycles. The fourth-order valence-corrected chi connectivity index (χ4v) is 1.94. The summed E-state index contributed by atoms with van der Waals surface area (Å²) in [5.41, 5.74) is 2.99. The van der Waals surface area contributed by atoms with Gasteiger partial charge in [-0.1, -0.05) is 0 Å². The van der Waals surface area contributed by atoms with E-state index in [0.29, 0.717) is 11.8 Å². The average Bonchev–Trinajstić information content (AvgIpc) is 2.89. The largest absolute Gasteiger partial charge is 0.423 e. The summed E-state index contributed by atoms with van der Waals surface area (Å²) < 4.78 is 5.58. The molecular formula is C12H12N4O2. The highest BCUT2D eigenvalue weighted by atomic mass is 16.4. The summed E-state index contributed by atoms with van der Waals surface area (Å²) in [6, 6.07) is 6.06. The fraction of sp³-hybridized carbons (Fsp3) is 0.167. The van der Waals surface area contributed by atoms with Crippen LogP contribution in [0.25, 0.3) is 22.4 Å². The molecule has 1 aromatic carbocycles. The maximum absolute atomic E-state index is 11.2. The van der Waals surface area contributed by atoms with Gasteiger partial charge < -0.3 is 19.7 Å². The molecule has 0 fully saturated rings. The number of anilines is 1. The van der Waals surface area contributed by atoms with E-state index in [2.05, 4.69) is 20.3 Å². The highest BCUT2D eigenvalue weighted by Gasteiger charge is 2.11. The first-order valence-electron chi connectivity index (χ1n) is 5.55. The summed E-state index contributed by atoms with van der Waals surface area (Å²) in [4.78, 5) is 20.8. The minimum Gasteiger partial charge on any atom is -0.423 e. The van der Waals surface area contributed by atoms with Crippen LogP contribution in [0.5, 0.6) is 0 Å². The second-order valence-electron chi connectivity index (χ2n) is 4.02. The van der Waals surface area contributed by atoms with Crippen LogP contribution in [0.1, 0.15) is 5.69 Å². The van der Waals surface area contributed by atoms with Crippen LogP contribution in [0.15, 0.2) is 27.4 Å². The summed E-state index contributed by atoms with van der Waals surface area (Å²) in [5, 5.41) is 2.86. The van der Waals surface area contributed by atoms with E-state index in [9.17, 15) is 4.79 Å². The highest BCUT2D eigenvalue weighted by Crippen LogP contribution is 2.27. The molecule has 2 aromatic heterocycles. The molecule has 0 aliphatic carbocycles. The van der Waals surface area contributed by atoms with Crippen LogP contribution in [0, 0.1) is 6.92 Å². The molecule has 3 N–H and O–H groups in total. The lowest BCUT2D eigenvalue weighted by atomic mass is 10.1. The van der Waals surface area contributed by atoms with Crippen LogP contribution in [-0.2, 0) is 0 Å². The van der Waals surface area contributed by atoms with Gasteiger partial charge in [0.25, 0.3) is 6.01 Å². The molecule has 0 aliphatic rings. The van der Waals surface area contributed by atoms with Crippen molar-refractivity contribution >= 4 is 17.0 Å². The maximum atomic E-state index is 11.2. The smallest absolute Gasteiger partial charge is 0.323 e. The summed E-state index contributed by atoms with van der Waals surface area (Å²) >= 11 is 0. The molecular weight excluding hydrogens is 232 g/mol. The van der Waals surface area contributed by atoms with E-state index >= 15 is 0 Å². The molecule has 0 amide bonds. The molecule has 92 valence electrons. The number of rotatable bonds is 2. The third-order valence-corrected chi connectivity index (χ3v) is 2.79. The Morgan fingerprint density at radius 3 is 2.78 bits per heavy atom. The van der Waals surface area contributed by atoms with Gasteiger partial charge in [-0.3, -0.25) is 0 Å². The van der Waals surface area contributed by atoms with E-state index in [1.807, 2.05) is 25.1 Å². The summed E-state index contributed by atoms with van der Waals surface area (Å²) in [6.07, 6.45) is 0. The predicted molar refractivity (Wildman–Crippen MR) is 68.7 cm³/mol. The van der Waals surface area contributed by atoms with E-state index in [0.717, 1.165) is 22.3 Å². The Labute approximate surface area is 102 Å². The number of aromatic nitrogens is 3. The molecule has 0 saturated heterocycles. The topological polar surface area (TPSA) is 86.7 Å². The van der Waals surface area contributed by atoms with Gasteiger partial charge in [0.05, 0.1) is 16.7 Å². The number of hydrogen-bond acceptors (Lipinski definition) is 4. The van der Waals surface area contributed by atoms with Crippen LogP contribution >= 0.6 is 0 Å². The molecule has 18 heavy (non-hydrogen) atoms. The predicted octanol–water partition coefficient (Wildman–Crippen LogP) is 1.86. The van der Waals surface area contributed by atoms with Crippen LogP contribution in [0.3, 0.4) is 0 Å². The van der Waals surface area contributed by atoms with Gasteiger partial charge in [0.2, 0.25) is 0 Å². The molecule has 6 nitrogen and oxygen atoms in total. The first kappa shape index (κ1) is 10.6. The molecule has 0 saturated carbocycles. The number of imidazole rings is 1. The minimum absolute atomic E-state index is 0.215. The maximum Gasteiger partial charge on any atom is 0.323 e. The zero-order valence-electron chi connectivity index (χ0n) is 10.00. The number of fused-ring (bicyclic) bond motifs is 1. The van der Waals surface area contributed by atoms with Crippen LogP contribution in [0.2, 0.25) is 0 Å². The Balaban J connectivity index is 2.18. The van der Waals surface area contributed by atoms with Crippen molar-refractivity contribution in [1.82, 2.24) is 15.0 Å². The molecule has 0 atom stereocenters. The fourth-order valence-electron chi connectivity index (χ4n) is 1.94. The lowest BCUT2D eigenvalue weighted by Gasteiger charge is -1.97. The van der Waals surface area contributed by atoms with Gasteiger partial charge in [0.15, 0.2) is 5.76 Å². The Morgan fingerprint density at radius 1 is 1.28 bits per heavy atom. The second kappa shape index (κ2) is 3.76. The lowest BCUT2D eigenvalue weighted by Crippen LogP contribution is -1.99. The van der Waals surface area contributed by atoms with E-state index in [1.165, 1.54) is 0 Å². The molecule has 2 heterocycles. The monoisotopic (exact) mass is 244 g/mol. The average molecular weight is 244 g/mol. The third-order valence-electron chi connectivity index (χ3n) is 2.79. The second-order valence-corrected chi connectivity index (χ2v) is 4.02. The number of nitrogens with one attached hydrogen (secondary N) is 3. The van der Waals surface area contributed by atoms with Crippen LogP contribution < -0.4 is 11.0 Å². The molecule has 3 aromatic rings. The van der Waals surface area contributed by atoms with Crippen molar-refractivity contribution in [2.75, 3.05) is 12.4 Å². The highest BCUT2D eigenvalue weighted by molar-refractivity contribution is 5.80. The molecule has 0 bridgehead atoms. The Morgan fingerprint density at radius 2 is 2.06 bits per heavy atom. The number of nitrogens with zero attached hydrogens (tertiary/aromatic N) is 1. The summed E-state index contributed by atoms with van der Waals surface area (Å²) in [5.74, 6) is 0.697. The van der Waals surface area contributed by atoms with Crippen LogP contribution in [-0.4, -0.2) is 22.0 Å². The van der Waals surface area contributed by atoms with Crippen molar-refractivity contribution in [1.29, 1.82) is 0 Å². The van der Waals surface area contributed by atoms with Gasteiger partial charge in [0.1, 0.15) is 0 Å². The Hall–Kier alpha value is -2.50. The van der Waals surface area contributed by atoms with Gasteiger partial charge in [-0.05, 0) is 25.1 Å². The van der Waals surface area contributed by atoms with Crippen molar-refractivity contribution < 1.29 is 4.42 Å². The van der Waals surface area contributed by atoms with Crippen molar-refractivity contribution in [2.24, 2.45) is 0 Å². The Kier molecular flexibility index (Phi) is 2.22. The minimum atomic E-state index is -0.215. The van der Waals surface area contributed by atoms with E-state index in [1.54, 1.807) is 7.05 Å². The number of H-pyrrole nitrogens is 2. The number of aryl methyl sites for hydroxylation is 1. The lowest BCUT2D eigenvalue weighted by molar-refractivity contribution is 0.589. The molecule has 6 heteroatoms. The molecule has 0 spiro atoms. The third kappa shape index (κ3) is 1.58. The number of aromatic amines is 2. The van der Waals surface area contributed by atoms with Gasteiger partial charge >= 0.3 is 5.69 Å². The van der Waals surface area contributed by atoms with Crippen molar-refractivity contribution in [3.63, 3.8) is 0 Å². The quantitative estimate of drug-likeness (QED) is 0.642. The SMILES string of the molecule is CNc1nc(C)c(-c2ccc3[nH]c(=O)[nH]c3c2)o1. The summed E-state index contributed by atoms with van der Waals surface area (Å²) in [7, 11) is 1.75. The van der Waals surface area contributed by atoms with E-state index in [4.69, 9.17) is 4.42 Å². The summed E-state index contributed by atoms with van der Waals surface area (Å²) in [6.45, 7) is 1.88. The zero-order chi connectivity index (χ0) is 12.7.